The number of aryl methyl sites for hydroxylation is 1. The standard InChI is InChI=1S/C25H22BrFN2O2S/c1-2-16-5-10-21(11-6-16)28-25-29-24(30)23(32-25)14-18-13-19(26)7-12-22(18)31-15-17-3-8-20(27)9-4-17/h3-14,25,28H,2,15H2,1H3,(H,29,30)/b23-14-/t25-/m1/s1. The van der Waals surface area contributed by atoms with Gasteiger partial charge >= 0.3 is 0 Å². The number of nitrogens with one attached hydrogen (secondary N) is 2. The van der Waals surface area contributed by atoms with Gasteiger partial charge in [-0.05, 0) is 66.1 Å². The molecule has 32 heavy (non-hydrogen) atoms. The first kappa shape index (κ1) is 22.4. The second kappa shape index (κ2) is 10.2. The van der Waals surface area contributed by atoms with Gasteiger partial charge in [0.1, 0.15) is 18.2 Å². The quantitative estimate of drug-likeness (QED) is 0.363. The summed E-state index contributed by atoms with van der Waals surface area (Å²) in [6, 6.07) is 20.0. The van der Waals surface area contributed by atoms with Crippen molar-refractivity contribution in [1.82, 2.24) is 5.32 Å². The first-order valence-corrected chi connectivity index (χ1v) is 11.9. The molecule has 0 unspecified atom stereocenters. The summed E-state index contributed by atoms with van der Waals surface area (Å²) in [4.78, 5) is 13.2. The van der Waals surface area contributed by atoms with E-state index in [4.69, 9.17) is 4.74 Å². The molecule has 1 saturated heterocycles. The molecule has 4 nitrogen and oxygen atoms in total. The van der Waals surface area contributed by atoms with E-state index in [0.29, 0.717) is 17.3 Å². The maximum absolute atomic E-state index is 13.1. The van der Waals surface area contributed by atoms with Gasteiger partial charge in [-0.1, -0.05) is 58.9 Å². The molecule has 1 fully saturated rings. The molecule has 7 heteroatoms. The number of anilines is 1. The van der Waals surface area contributed by atoms with Gasteiger partial charge in [0.05, 0.1) is 4.91 Å². The molecule has 0 aliphatic carbocycles. The zero-order chi connectivity index (χ0) is 22.5. The van der Waals surface area contributed by atoms with Crippen LogP contribution in [0.25, 0.3) is 6.08 Å². The Morgan fingerprint density at radius 1 is 1.09 bits per heavy atom. The molecular weight excluding hydrogens is 491 g/mol. The zero-order valence-electron chi connectivity index (χ0n) is 17.4. The highest BCUT2D eigenvalue weighted by molar-refractivity contribution is 9.10. The molecule has 1 aliphatic rings. The summed E-state index contributed by atoms with van der Waals surface area (Å²) in [7, 11) is 0. The van der Waals surface area contributed by atoms with Crippen LogP contribution in [-0.4, -0.2) is 11.4 Å². The molecule has 2 N–H and O–H groups in total. The van der Waals surface area contributed by atoms with Crippen LogP contribution < -0.4 is 15.4 Å². The summed E-state index contributed by atoms with van der Waals surface area (Å²) in [6.07, 6.45) is 2.81. The number of ether oxygens (including phenoxy) is 1. The van der Waals surface area contributed by atoms with Crippen LogP contribution in [0, 0.1) is 5.82 Å². The molecule has 1 amide bonds. The molecule has 4 rings (SSSR count). The van der Waals surface area contributed by atoms with Gasteiger partial charge < -0.3 is 15.4 Å². The second-order valence-electron chi connectivity index (χ2n) is 7.27. The Hall–Kier alpha value is -2.77. The summed E-state index contributed by atoms with van der Waals surface area (Å²) in [5.74, 6) is 0.226. The third-order valence-electron chi connectivity index (χ3n) is 4.96. The predicted molar refractivity (Wildman–Crippen MR) is 132 cm³/mol. The van der Waals surface area contributed by atoms with Crippen molar-refractivity contribution >= 4 is 45.4 Å². The summed E-state index contributed by atoms with van der Waals surface area (Å²) >= 11 is 4.91. The Morgan fingerprint density at radius 3 is 2.53 bits per heavy atom. The topological polar surface area (TPSA) is 50.4 Å². The third-order valence-corrected chi connectivity index (χ3v) is 6.48. The van der Waals surface area contributed by atoms with Crippen LogP contribution in [-0.2, 0) is 17.8 Å². The van der Waals surface area contributed by atoms with Crippen LogP contribution >= 0.6 is 27.7 Å². The van der Waals surface area contributed by atoms with Gasteiger partial charge in [0, 0.05) is 15.7 Å². The van der Waals surface area contributed by atoms with Crippen molar-refractivity contribution in [3.63, 3.8) is 0 Å². The van der Waals surface area contributed by atoms with E-state index in [9.17, 15) is 9.18 Å². The van der Waals surface area contributed by atoms with Gasteiger partial charge in [-0.15, -0.1) is 0 Å². The molecule has 3 aromatic carbocycles. The average Bonchev–Trinajstić information content (AvgIpc) is 3.13. The minimum Gasteiger partial charge on any atom is -0.488 e. The number of rotatable bonds is 7. The number of thioether (sulfide) groups is 1. The number of hydrogen-bond acceptors (Lipinski definition) is 4. The molecule has 0 aromatic heterocycles. The van der Waals surface area contributed by atoms with Crippen molar-refractivity contribution in [3.05, 3.63) is 98.6 Å². The highest BCUT2D eigenvalue weighted by Gasteiger charge is 2.27. The molecular formula is C25H22BrFN2O2S. The molecule has 1 atom stereocenters. The molecule has 164 valence electrons. The van der Waals surface area contributed by atoms with E-state index >= 15 is 0 Å². The maximum Gasteiger partial charge on any atom is 0.260 e. The maximum atomic E-state index is 13.1. The van der Waals surface area contributed by atoms with E-state index in [1.54, 1.807) is 12.1 Å². The smallest absolute Gasteiger partial charge is 0.260 e. The fraction of sp³-hybridized carbons (Fsp3) is 0.160. The lowest BCUT2D eigenvalue weighted by atomic mass is 10.1. The monoisotopic (exact) mass is 512 g/mol. The minimum atomic E-state index is -0.281. The normalized spacial score (nSPS) is 16.8. The van der Waals surface area contributed by atoms with Crippen molar-refractivity contribution in [2.45, 2.75) is 25.4 Å². The Bertz CT molecular complexity index is 1130. The van der Waals surface area contributed by atoms with Crippen molar-refractivity contribution < 1.29 is 13.9 Å². The van der Waals surface area contributed by atoms with E-state index in [-0.39, 0.29) is 17.2 Å². The largest absolute Gasteiger partial charge is 0.488 e. The first-order chi connectivity index (χ1) is 15.5. The second-order valence-corrected chi connectivity index (χ2v) is 9.33. The molecule has 0 bridgehead atoms. The number of carbonyl (C=O) groups is 1. The van der Waals surface area contributed by atoms with Crippen LogP contribution in [0.4, 0.5) is 10.1 Å². The van der Waals surface area contributed by atoms with Gasteiger partial charge in [0.2, 0.25) is 0 Å². The fourth-order valence-corrected chi connectivity index (χ4v) is 4.55. The summed E-state index contributed by atoms with van der Waals surface area (Å²) in [5.41, 5.74) is 3.61. The molecule has 0 radical (unpaired) electrons. The lowest BCUT2D eigenvalue weighted by Crippen LogP contribution is -2.30. The van der Waals surface area contributed by atoms with Gasteiger partial charge in [-0.2, -0.15) is 0 Å². The van der Waals surface area contributed by atoms with Crippen LogP contribution in [0.2, 0.25) is 0 Å². The SMILES string of the molecule is CCc1ccc(N[C@@H]2NC(=O)/C(=C/c3cc(Br)ccc3OCc3ccc(F)cc3)S2)cc1. The molecule has 1 aliphatic heterocycles. The van der Waals surface area contributed by atoms with Crippen molar-refractivity contribution in [3.8, 4) is 5.75 Å². The summed E-state index contributed by atoms with van der Waals surface area (Å²) in [6.45, 7) is 2.42. The van der Waals surface area contributed by atoms with Crippen molar-refractivity contribution in [2.24, 2.45) is 0 Å². The number of halogens is 2. The van der Waals surface area contributed by atoms with E-state index in [1.807, 2.05) is 36.4 Å². The van der Waals surface area contributed by atoms with Crippen LogP contribution in [0.1, 0.15) is 23.6 Å². The third kappa shape index (κ3) is 5.72. The zero-order valence-corrected chi connectivity index (χ0v) is 19.8. The fourth-order valence-electron chi connectivity index (χ4n) is 3.20. The van der Waals surface area contributed by atoms with Gasteiger partial charge in [0.15, 0.2) is 5.50 Å². The Labute approximate surface area is 199 Å². The van der Waals surface area contributed by atoms with E-state index in [2.05, 4.69) is 45.6 Å². The van der Waals surface area contributed by atoms with Gasteiger partial charge in [0.25, 0.3) is 5.91 Å². The van der Waals surface area contributed by atoms with Gasteiger partial charge in [-0.25, -0.2) is 4.39 Å². The summed E-state index contributed by atoms with van der Waals surface area (Å²) < 4.78 is 20.0. The Morgan fingerprint density at radius 2 is 1.81 bits per heavy atom. The molecule has 0 saturated carbocycles. The molecule has 3 aromatic rings. The Kier molecular flexibility index (Phi) is 7.17. The predicted octanol–water partition coefficient (Wildman–Crippen LogP) is 6.33. The number of amides is 1. The van der Waals surface area contributed by atoms with Crippen LogP contribution in [0.3, 0.4) is 0 Å². The number of carbonyl (C=O) groups excluding carboxylic acids is 1. The van der Waals surface area contributed by atoms with Crippen molar-refractivity contribution in [2.75, 3.05) is 5.32 Å². The van der Waals surface area contributed by atoms with E-state index < -0.39 is 0 Å². The first-order valence-electron chi connectivity index (χ1n) is 10.2. The van der Waals surface area contributed by atoms with Crippen LogP contribution in [0.15, 0.2) is 76.1 Å². The number of benzene rings is 3. The molecule has 1 heterocycles. The van der Waals surface area contributed by atoms with E-state index in [1.165, 1.54) is 29.5 Å². The average molecular weight is 513 g/mol. The number of hydrogen-bond donors (Lipinski definition) is 2. The lowest BCUT2D eigenvalue weighted by Gasteiger charge is -2.13. The van der Waals surface area contributed by atoms with Crippen molar-refractivity contribution in [1.29, 1.82) is 0 Å². The summed E-state index contributed by atoms with van der Waals surface area (Å²) in [5, 5.41) is 6.29. The Balaban J connectivity index is 1.47. The van der Waals surface area contributed by atoms with Gasteiger partial charge in [-0.3, -0.25) is 4.79 Å². The lowest BCUT2D eigenvalue weighted by molar-refractivity contribution is -0.116. The minimum absolute atomic E-state index is 0.137. The van der Waals surface area contributed by atoms with Crippen LogP contribution in [0.5, 0.6) is 5.75 Å². The van der Waals surface area contributed by atoms with E-state index in [0.717, 1.165) is 27.7 Å². The molecule has 0 spiro atoms. The highest BCUT2D eigenvalue weighted by Crippen LogP contribution is 2.33. The highest BCUT2D eigenvalue weighted by atomic mass is 79.9.